The molecular weight excluding hydrogens is 292 g/mol. The van der Waals surface area contributed by atoms with Gasteiger partial charge >= 0.3 is 6.18 Å². The number of methoxy groups -OCH3 is 1. The molecule has 0 unspecified atom stereocenters. The number of ether oxygens (including phenoxy) is 1. The van der Waals surface area contributed by atoms with Gasteiger partial charge in [-0.2, -0.15) is 13.2 Å². The second-order valence-electron chi connectivity index (χ2n) is 3.20. The molecule has 0 heterocycles. The van der Waals surface area contributed by atoms with Crippen molar-refractivity contribution in [3.8, 4) is 0 Å². The molecule has 18 heavy (non-hydrogen) atoms. The van der Waals surface area contributed by atoms with Gasteiger partial charge in [0.05, 0.1) is 29.0 Å². The molecule has 0 amide bonds. The van der Waals surface area contributed by atoms with Crippen LogP contribution in [0.5, 0.6) is 0 Å². The van der Waals surface area contributed by atoms with Gasteiger partial charge in [-0.1, -0.05) is 35.3 Å². The van der Waals surface area contributed by atoms with Crippen molar-refractivity contribution < 1.29 is 22.7 Å². The van der Waals surface area contributed by atoms with Crippen molar-refractivity contribution >= 4 is 34.6 Å². The van der Waals surface area contributed by atoms with Crippen LogP contribution in [0.1, 0.15) is 5.56 Å². The molecular formula is C11H7Cl2F3O2. The fourth-order valence-electron chi connectivity index (χ4n) is 1.22. The van der Waals surface area contributed by atoms with Gasteiger partial charge < -0.3 is 4.74 Å². The topological polar surface area (TPSA) is 26.3 Å². The molecule has 0 radical (unpaired) electrons. The van der Waals surface area contributed by atoms with Crippen molar-refractivity contribution in [3.63, 3.8) is 0 Å². The predicted octanol–water partition coefficient (Wildman–Crippen LogP) is 4.11. The number of carbonyl (C=O) groups is 1. The minimum atomic E-state index is -5.02. The average molecular weight is 299 g/mol. The predicted molar refractivity (Wildman–Crippen MR) is 62.5 cm³/mol. The third kappa shape index (κ3) is 3.17. The first kappa shape index (κ1) is 14.9. The van der Waals surface area contributed by atoms with E-state index in [1.165, 1.54) is 18.2 Å². The summed E-state index contributed by atoms with van der Waals surface area (Å²) in [5.74, 6) is -2.05. The monoisotopic (exact) mass is 298 g/mol. The Hall–Kier alpha value is -1.20. The van der Waals surface area contributed by atoms with E-state index in [0.29, 0.717) is 6.26 Å². The first-order valence-corrected chi connectivity index (χ1v) is 5.33. The van der Waals surface area contributed by atoms with Crippen LogP contribution in [0.25, 0.3) is 5.57 Å². The number of halogens is 5. The van der Waals surface area contributed by atoms with Gasteiger partial charge in [0.15, 0.2) is 0 Å². The fourth-order valence-corrected chi connectivity index (χ4v) is 1.62. The van der Waals surface area contributed by atoms with Crippen molar-refractivity contribution in [1.29, 1.82) is 0 Å². The summed E-state index contributed by atoms with van der Waals surface area (Å²) in [6, 6.07) is 4.04. The van der Waals surface area contributed by atoms with Crippen LogP contribution in [0.3, 0.4) is 0 Å². The van der Waals surface area contributed by atoms with E-state index in [2.05, 4.69) is 4.74 Å². The highest BCUT2D eigenvalue weighted by Crippen LogP contribution is 2.34. The molecule has 0 bridgehead atoms. The highest BCUT2D eigenvalue weighted by Gasteiger charge is 2.41. The lowest BCUT2D eigenvalue weighted by Gasteiger charge is -2.11. The lowest BCUT2D eigenvalue weighted by Crippen LogP contribution is -2.24. The highest BCUT2D eigenvalue weighted by molar-refractivity contribution is 6.44. The standard InChI is InChI=1S/C11H7Cl2F3O2/c1-18-5-7(10(17)11(14,15)16)6-3-2-4-8(12)9(6)13/h2-5H,1H3/b7-5+. The second-order valence-corrected chi connectivity index (χ2v) is 3.98. The summed E-state index contributed by atoms with van der Waals surface area (Å²) in [4.78, 5) is 11.2. The van der Waals surface area contributed by atoms with E-state index in [4.69, 9.17) is 23.2 Å². The summed E-state index contributed by atoms with van der Waals surface area (Å²) in [6.45, 7) is 0. The zero-order chi connectivity index (χ0) is 13.9. The van der Waals surface area contributed by atoms with E-state index in [-0.39, 0.29) is 15.6 Å². The van der Waals surface area contributed by atoms with Crippen LogP contribution in [-0.4, -0.2) is 19.1 Å². The number of benzene rings is 1. The zero-order valence-electron chi connectivity index (χ0n) is 9.02. The Morgan fingerprint density at radius 1 is 1.33 bits per heavy atom. The number of hydrogen-bond acceptors (Lipinski definition) is 2. The number of carbonyl (C=O) groups excluding carboxylic acids is 1. The minimum absolute atomic E-state index is 0.0474. The molecule has 98 valence electrons. The Kier molecular flexibility index (Phi) is 4.65. The van der Waals surface area contributed by atoms with Crippen molar-refractivity contribution in [1.82, 2.24) is 0 Å². The molecule has 0 spiro atoms. The molecule has 0 saturated carbocycles. The molecule has 0 aromatic heterocycles. The SMILES string of the molecule is CO/C=C(/C(=O)C(F)(F)F)c1cccc(Cl)c1Cl. The Morgan fingerprint density at radius 3 is 2.44 bits per heavy atom. The van der Waals surface area contributed by atoms with Gasteiger partial charge in [0.25, 0.3) is 5.78 Å². The normalized spacial score (nSPS) is 12.4. The largest absolute Gasteiger partial charge is 0.504 e. The fraction of sp³-hybridized carbons (Fsp3) is 0.182. The number of hydrogen-bond donors (Lipinski definition) is 0. The number of Topliss-reactive ketones (excluding diaryl/α,β-unsaturated/α-hetero) is 1. The molecule has 0 saturated heterocycles. The lowest BCUT2D eigenvalue weighted by atomic mass is 10.0. The van der Waals surface area contributed by atoms with Gasteiger partial charge in [-0.05, 0) is 6.07 Å². The molecule has 0 atom stereocenters. The molecule has 1 rings (SSSR count). The van der Waals surface area contributed by atoms with Crippen molar-refractivity contribution in [3.05, 3.63) is 40.1 Å². The quantitative estimate of drug-likeness (QED) is 0.620. The van der Waals surface area contributed by atoms with Crippen LogP contribution in [0.2, 0.25) is 10.0 Å². The van der Waals surface area contributed by atoms with Gasteiger partial charge in [0, 0.05) is 5.56 Å². The summed E-state index contributed by atoms with van der Waals surface area (Å²) in [5, 5.41) is -0.0915. The Bertz CT molecular complexity index is 496. The smallest absolute Gasteiger partial charge is 0.455 e. The molecule has 7 heteroatoms. The third-order valence-corrected chi connectivity index (χ3v) is 2.80. The third-order valence-electron chi connectivity index (χ3n) is 1.98. The van der Waals surface area contributed by atoms with Crippen LogP contribution in [-0.2, 0) is 9.53 Å². The molecule has 0 aliphatic heterocycles. The molecule has 0 fully saturated rings. The molecule has 1 aromatic carbocycles. The summed E-state index contributed by atoms with van der Waals surface area (Å²) in [7, 11) is 1.13. The maximum absolute atomic E-state index is 12.4. The number of allylic oxidation sites excluding steroid dienone is 1. The summed E-state index contributed by atoms with van der Waals surface area (Å²) >= 11 is 11.5. The average Bonchev–Trinajstić information content (AvgIpc) is 2.28. The summed E-state index contributed by atoms with van der Waals surface area (Å²) < 4.78 is 41.7. The zero-order valence-corrected chi connectivity index (χ0v) is 10.5. The van der Waals surface area contributed by atoms with Crippen LogP contribution in [0.15, 0.2) is 24.5 Å². The van der Waals surface area contributed by atoms with E-state index < -0.39 is 17.5 Å². The Labute approximate surface area is 111 Å². The van der Waals surface area contributed by atoms with E-state index in [9.17, 15) is 18.0 Å². The second kappa shape index (κ2) is 5.63. The van der Waals surface area contributed by atoms with Gasteiger partial charge in [-0.25, -0.2) is 0 Å². The number of alkyl halides is 3. The summed E-state index contributed by atoms with van der Waals surface area (Å²) in [6.07, 6.45) is -4.33. The van der Waals surface area contributed by atoms with E-state index >= 15 is 0 Å². The van der Waals surface area contributed by atoms with Crippen molar-refractivity contribution in [2.75, 3.05) is 7.11 Å². The molecule has 0 N–H and O–H groups in total. The number of rotatable bonds is 3. The van der Waals surface area contributed by atoms with Crippen LogP contribution >= 0.6 is 23.2 Å². The molecule has 1 aromatic rings. The maximum Gasteiger partial charge on any atom is 0.455 e. The van der Waals surface area contributed by atoms with Gasteiger partial charge in [0.1, 0.15) is 0 Å². The summed E-state index contributed by atoms with van der Waals surface area (Å²) in [5.41, 5.74) is -0.828. The van der Waals surface area contributed by atoms with Crippen molar-refractivity contribution in [2.24, 2.45) is 0 Å². The van der Waals surface area contributed by atoms with Crippen LogP contribution in [0, 0.1) is 0 Å². The van der Waals surface area contributed by atoms with E-state index in [0.717, 1.165) is 7.11 Å². The van der Waals surface area contributed by atoms with E-state index in [1.54, 1.807) is 0 Å². The molecule has 0 aliphatic carbocycles. The van der Waals surface area contributed by atoms with Gasteiger partial charge in [-0.15, -0.1) is 0 Å². The van der Waals surface area contributed by atoms with E-state index in [1.807, 2.05) is 0 Å². The van der Waals surface area contributed by atoms with Crippen LogP contribution < -0.4 is 0 Å². The molecule has 0 aliphatic rings. The minimum Gasteiger partial charge on any atom is -0.504 e. The molecule has 2 nitrogen and oxygen atoms in total. The van der Waals surface area contributed by atoms with Crippen molar-refractivity contribution in [2.45, 2.75) is 6.18 Å². The first-order valence-electron chi connectivity index (χ1n) is 4.58. The number of ketones is 1. The Balaban J connectivity index is 3.35. The highest BCUT2D eigenvalue weighted by atomic mass is 35.5. The van der Waals surface area contributed by atoms with Gasteiger partial charge in [-0.3, -0.25) is 4.79 Å². The Morgan fingerprint density at radius 2 is 1.94 bits per heavy atom. The van der Waals surface area contributed by atoms with Gasteiger partial charge in [0.2, 0.25) is 0 Å². The lowest BCUT2D eigenvalue weighted by molar-refractivity contribution is -0.164. The first-order chi connectivity index (χ1) is 8.29. The van der Waals surface area contributed by atoms with Crippen LogP contribution in [0.4, 0.5) is 13.2 Å². The maximum atomic E-state index is 12.4.